The lowest BCUT2D eigenvalue weighted by Gasteiger charge is -2.13. The van der Waals surface area contributed by atoms with E-state index in [0.29, 0.717) is 17.5 Å². The van der Waals surface area contributed by atoms with Gasteiger partial charge in [0.2, 0.25) is 0 Å². The molecular formula is C15H12Br2F2. The molecule has 0 aliphatic heterocycles. The predicted molar refractivity (Wildman–Crippen MR) is 80.6 cm³/mol. The van der Waals surface area contributed by atoms with Crippen LogP contribution in [0.1, 0.15) is 21.5 Å². The zero-order valence-electron chi connectivity index (χ0n) is 10.3. The first-order valence-corrected chi connectivity index (χ1v) is 7.52. The minimum Gasteiger partial charge on any atom is -0.207 e. The van der Waals surface area contributed by atoms with Crippen molar-refractivity contribution in [3.05, 3.63) is 69.2 Å². The van der Waals surface area contributed by atoms with Crippen molar-refractivity contribution in [2.75, 3.05) is 0 Å². The molecule has 2 aromatic rings. The molecule has 1 atom stereocenters. The molecule has 0 amide bonds. The lowest BCUT2D eigenvalue weighted by atomic mass is 10.0. The van der Waals surface area contributed by atoms with Gasteiger partial charge in [0.1, 0.15) is 11.6 Å². The monoisotopic (exact) mass is 388 g/mol. The van der Waals surface area contributed by atoms with Gasteiger partial charge in [-0.15, -0.1) is 0 Å². The summed E-state index contributed by atoms with van der Waals surface area (Å²) in [6.45, 7) is 1.56. The molecule has 0 heterocycles. The second kappa shape index (κ2) is 6.14. The quantitative estimate of drug-likeness (QED) is 0.589. The van der Waals surface area contributed by atoms with Crippen molar-refractivity contribution in [2.45, 2.75) is 18.2 Å². The van der Waals surface area contributed by atoms with Gasteiger partial charge in [-0.3, -0.25) is 0 Å². The summed E-state index contributed by atoms with van der Waals surface area (Å²) < 4.78 is 28.4. The van der Waals surface area contributed by atoms with Gasteiger partial charge in [0.05, 0.1) is 0 Å². The molecule has 0 fully saturated rings. The highest BCUT2D eigenvalue weighted by atomic mass is 79.9. The first-order chi connectivity index (χ1) is 8.97. The summed E-state index contributed by atoms with van der Waals surface area (Å²) in [6.07, 6.45) is 0.596. The maximum Gasteiger partial charge on any atom is 0.128 e. The average Bonchev–Trinajstić information content (AvgIpc) is 2.33. The lowest BCUT2D eigenvalue weighted by molar-refractivity contribution is 0.577. The van der Waals surface area contributed by atoms with Crippen LogP contribution in [0.15, 0.2) is 40.9 Å². The maximum atomic E-state index is 13.9. The number of alkyl halides is 1. The molecular weight excluding hydrogens is 378 g/mol. The molecule has 0 saturated carbocycles. The molecule has 2 rings (SSSR count). The number of rotatable bonds is 3. The highest BCUT2D eigenvalue weighted by molar-refractivity contribution is 9.10. The number of hydrogen-bond donors (Lipinski definition) is 0. The van der Waals surface area contributed by atoms with Crippen LogP contribution in [0.3, 0.4) is 0 Å². The van der Waals surface area contributed by atoms with Gasteiger partial charge in [-0.05, 0) is 48.7 Å². The molecule has 1 unspecified atom stereocenters. The molecule has 0 bridgehead atoms. The second-order valence-electron chi connectivity index (χ2n) is 4.42. The van der Waals surface area contributed by atoms with E-state index in [0.717, 1.165) is 10.0 Å². The molecule has 0 spiro atoms. The van der Waals surface area contributed by atoms with Crippen LogP contribution >= 0.6 is 31.9 Å². The lowest BCUT2D eigenvalue weighted by Crippen LogP contribution is -2.01. The zero-order valence-corrected chi connectivity index (χ0v) is 13.4. The summed E-state index contributed by atoms with van der Waals surface area (Å²) in [5, 5.41) is 0. The van der Waals surface area contributed by atoms with E-state index in [-0.39, 0.29) is 16.5 Å². The van der Waals surface area contributed by atoms with Gasteiger partial charge < -0.3 is 0 Å². The molecule has 0 aliphatic carbocycles. The molecule has 19 heavy (non-hydrogen) atoms. The number of aryl methyl sites for hydroxylation is 1. The maximum absolute atomic E-state index is 13.9. The molecule has 0 aromatic heterocycles. The summed E-state index contributed by atoms with van der Waals surface area (Å²) in [7, 11) is 0. The third-order valence-corrected chi connectivity index (χ3v) is 4.23. The normalized spacial score (nSPS) is 12.5. The Labute approximate surface area is 128 Å². The molecule has 0 aliphatic rings. The smallest absolute Gasteiger partial charge is 0.128 e. The molecule has 100 valence electrons. The second-order valence-corrected chi connectivity index (χ2v) is 6.45. The Hall–Kier alpha value is -0.740. The van der Waals surface area contributed by atoms with Crippen LogP contribution in [-0.4, -0.2) is 0 Å². The molecule has 0 nitrogen and oxygen atoms in total. The van der Waals surface area contributed by atoms with Crippen LogP contribution in [0.4, 0.5) is 8.78 Å². The van der Waals surface area contributed by atoms with E-state index < -0.39 is 0 Å². The van der Waals surface area contributed by atoms with Crippen molar-refractivity contribution < 1.29 is 8.78 Å². The summed E-state index contributed by atoms with van der Waals surface area (Å²) in [5.41, 5.74) is 1.73. The number of halogens is 4. The Morgan fingerprint density at radius 2 is 1.84 bits per heavy atom. The van der Waals surface area contributed by atoms with Crippen LogP contribution in [0.2, 0.25) is 0 Å². The topological polar surface area (TPSA) is 0 Å². The number of benzene rings is 2. The third kappa shape index (κ3) is 3.63. The Balaban J connectivity index is 2.25. The van der Waals surface area contributed by atoms with Crippen LogP contribution in [0.25, 0.3) is 0 Å². The van der Waals surface area contributed by atoms with Crippen LogP contribution < -0.4 is 0 Å². The molecule has 4 heteroatoms. The van der Waals surface area contributed by atoms with Crippen LogP contribution in [0, 0.1) is 18.6 Å². The highest BCUT2D eigenvalue weighted by Crippen LogP contribution is 2.31. The van der Waals surface area contributed by atoms with Crippen molar-refractivity contribution in [1.82, 2.24) is 0 Å². The van der Waals surface area contributed by atoms with Gasteiger partial charge in [-0.25, -0.2) is 8.78 Å². The van der Waals surface area contributed by atoms with Gasteiger partial charge in [-0.2, -0.15) is 0 Å². The van der Waals surface area contributed by atoms with Crippen molar-refractivity contribution in [3.8, 4) is 0 Å². The Bertz CT molecular complexity index is 597. The summed E-state index contributed by atoms with van der Waals surface area (Å²) in [6, 6.07) is 10.3. The summed E-state index contributed by atoms with van der Waals surface area (Å²) in [5.74, 6) is -0.758. The van der Waals surface area contributed by atoms with Crippen molar-refractivity contribution in [1.29, 1.82) is 0 Å². The summed E-state index contributed by atoms with van der Waals surface area (Å²) in [4.78, 5) is -0.253. The first kappa shape index (κ1) is 14.7. The molecule has 0 saturated heterocycles. The summed E-state index contributed by atoms with van der Waals surface area (Å²) >= 11 is 6.83. The van der Waals surface area contributed by atoms with Crippen LogP contribution in [0.5, 0.6) is 0 Å². The van der Waals surface area contributed by atoms with Gasteiger partial charge >= 0.3 is 0 Å². The van der Waals surface area contributed by atoms with Gasteiger partial charge in [-0.1, -0.05) is 44.0 Å². The SMILES string of the molecule is Cc1cc(F)c(C(Br)Cc2cccc(Br)c2)cc1F. The Morgan fingerprint density at radius 3 is 2.53 bits per heavy atom. The van der Waals surface area contributed by atoms with E-state index in [9.17, 15) is 8.78 Å². The van der Waals surface area contributed by atoms with Gasteiger partial charge in [0, 0.05) is 14.9 Å². The van der Waals surface area contributed by atoms with E-state index in [1.165, 1.54) is 12.1 Å². The van der Waals surface area contributed by atoms with Crippen molar-refractivity contribution >= 4 is 31.9 Å². The Kier molecular flexibility index (Phi) is 4.74. The van der Waals surface area contributed by atoms with Gasteiger partial charge in [0.15, 0.2) is 0 Å². The van der Waals surface area contributed by atoms with E-state index >= 15 is 0 Å². The highest BCUT2D eigenvalue weighted by Gasteiger charge is 2.16. The first-order valence-electron chi connectivity index (χ1n) is 5.81. The largest absolute Gasteiger partial charge is 0.207 e. The fourth-order valence-electron chi connectivity index (χ4n) is 1.88. The standard InChI is InChI=1S/C15H12Br2F2/c1-9-5-15(19)12(8-14(9)18)13(17)7-10-3-2-4-11(16)6-10/h2-6,8,13H,7H2,1H3. The van der Waals surface area contributed by atoms with E-state index in [2.05, 4.69) is 31.9 Å². The zero-order chi connectivity index (χ0) is 14.0. The van der Waals surface area contributed by atoms with Crippen molar-refractivity contribution in [3.63, 3.8) is 0 Å². The van der Waals surface area contributed by atoms with Crippen LogP contribution in [-0.2, 0) is 6.42 Å². The molecule has 0 N–H and O–H groups in total. The predicted octanol–water partition coefficient (Wildman–Crippen LogP) is 5.71. The van der Waals surface area contributed by atoms with E-state index in [4.69, 9.17) is 0 Å². The average molecular weight is 390 g/mol. The third-order valence-electron chi connectivity index (χ3n) is 2.92. The minimum atomic E-state index is -0.380. The Morgan fingerprint density at radius 1 is 1.11 bits per heavy atom. The molecule has 2 aromatic carbocycles. The fourth-order valence-corrected chi connectivity index (χ4v) is 3.05. The fraction of sp³-hybridized carbons (Fsp3) is 0.200. The molecule has 0 radical (unpaired) electrons. The van der Waals surface area contributed by atoms with Crippen molar-refractivity contribution in [2.24, 2.45) is 0 Å². The minimum absolute atomic E-state index is 0.253. The van der Waals surface area contributed by atoms with E-state index in [1.807, 2.05) is 24.3 Å². The van der Waals surface area contributed by atoms with E-state index in [1.54, 1.807) is 6.92 Å². The van der Waals surface area contributed by atoms with Gasteiger partial charge in [0.25, 0.3) is 0 Å². The number of hydrogen-bond acceptors (Lipinski definition) is 0.